The average Bonchev–Trinajstić information content (AvgIpc) is 2.76. The van der Waals surface area contributed by atoms with Crippen LogP contribution in [-0.4, -0.2) is 23.4 Å². The van der Waals surface area contributed by atoms with Crippen molar-refractivity contribution in [2.24, 2.45) is 0 Å². The molecule has 0 unspecified atom stereocenters. The molecule has 2 aromatic heterocycles. The molecule has 0 saturated carbocycles. The molecular weight excluding hydrogens is 308 g/mol. The van der Waals surface area contributed by atoms with Crippen LogP contribution in [0.15, 0.2) is 16.5 Å². The molecule has 1 N–H and O–H groups in total. The molecule has 21 heavy (non-hydrogen) atoms. The standard InChI is InChI=1S/C13H18N4O2S2/c1-4-5-6-11-7-8-14-13(16-11)17-21(18,19)12-9(2)15-10(3)20-12/h7-8H,4-6H2,1-3H3,(H,14,16,17). The summed E-state index contributed by atoms with van der Waals surface area (Å²) >= 11 is 1.14. The first-order valence-electron chi connectivity index (χ1n) is 6.71. The fraction of sp³-hybridized carbons (Fsp3) is 0.462. The maximum Gasteiger partial charge on any atom is 0.275 e. The van der Waals surface area contributed by atoms with Crippen molar-refractivity contribution in [2.75, 3.05) is 4.72 Å². The Morgan fingerprint density at radius 1 is 1.29 bits per heavy atom. The minimum Gasteiger partial charge on any atom is -0.246 e. The van der Waals surface area contributed by atoms with Crippen LogP contribution in [0.2, 0.25) is 0 Å². The van der Waals surface area contributed by atoms with E-state index in [0.29, 0.717) is 10.7 Å². The Hall–Kier alpha value is -1.54. The summed E-state index contributed by atoms with van der Waals surface area (Å²) in [5, 5.41) is 0.713. The van der Waals surface area contributed by atoms with Gasteiger partial charge < -0.3 is 0 Å². The van der Waals surface area contributed by atoms with Crippen molar-refractivity contribution in [3.8, 4) is 0 Å². The van der Waals surface area contributed by atoms with Gasteiger partial charge in [0.1, 0.15) is 0 Å². The molecule has 0 amide bonds. The van der Waals surface area contributed by atoms with Gasteiger partial charge in [0.15, 0.2) is 4.21 Å². The van der Waals surface area contributed by atoms with Crippen molar-refractivity contribution in [3.05, 3.63) is 28.7 Å². The molecule has 8 heteroatoms. The lowest BCUT2D eigenvalue weighted by Gasteiger charge is -2.06. The van der Waals surface area contributed by atoms with E-state index in [1.165, 1.54) is 0 Å². The zero-order valence-corrected chi connectivity index (χ0v) is 13.9. The van der Waals surface area contributed by atoms with Crippen LogP contribution in [0.4, 0.5) is 5.95 Å². The molecule has 2 rings (SSSR count). The van der Waals surface area contributed by atoms with Crippen LogP contribution >= 0.6 is 11.3 Å². The number of hydrogen-bond acceptors (Lipinski definition) is 6. The van der Waals surface area contributed by atoms with Gasteiger partial charge in [-0.05, 0) is 32.8 Å². The highest BCUT2D eigenvalue weighted by atomic mass is 32.2. The lowest BCUT2D eigenvalue weighted by atomic mass is 10.2. The number of anilines is 1. The summed E-state index contributed by atoms with van der Waals surface area (Å²) in [5.41, 5.74) is 1.33. The largest absolute Gasteiger partial charge is 0.275 e. The minimum atomic E-state index is -3.68. The van der Waals surface area contributed by atoms with Crippen LogP contribution < -0.4 is 4.72 Å². The summed E-state index contributed by atoms with van der Waals surface area (Å²) in [5.74, 6) is 0.106. The number of nitrogens with zero attached hydrogens (tertiary/aromatic N) is 3. The predicted molar refractivity (Wildman–Crippen MR) is 83.0 cm³/mol. The van der Waals surface area contributed by atoms with E-state index in [1.54, 1.807) is 26.1 Å². The van der Waals surface area contributed by atoms with Crippen LogP contribution in [0.5, 0.6) is 0 Å². The normalized spacial score (nSPS) is 11.6. The topological polar surface area (TPSA) is 84.8 Å². The molecule has 0 aliphatic rings. The average molecular weight is 326 g/mol. The van der Waals surface area contributed by atoms with Crippen LogP contribution in [-0.2, 0) is 16.4 Å². The monoisotopic (exact) mass is 326 g/mol. The fourth-order valence-electron chi connectivity index (χ4n) is 1.87. The fourth-order valence-corrected chi connectivity index (χ4v) is 4.31. The SMILES string of the molecule is CCCCc1ccnc(NS(=O)(=O)c2sc(C)nc2C)n1. The third kappa shape index (κ3) is 3.98. The van der Waals surface area contributed by atoms with E-state index in [2.05, 4.69) is 26.6 Å². The van der Waals surface area contributed by atoms with E-state index in [4.69, 9.17) is 0 Å². The van der Waals surface area contributed by atoms with Crippen LogP contribution in [0, 0.1) is 13.8 Å². The highest BCUT2D eigenvalue weighted by Gasteiger charge is 2.22. The van der Waals surface area contributed by atoms with Gasteiger partial charge in [-0.25, -0.2) is 28.1 Å². The highest BCUT2D eigenvalue weighted by Crippen LogP contribution is 2.24. The Kier molecular flexibility index (Phi) is 4.89. The number of hydrogen-bond donors (Lipinski definition) is 1. The molecule has 0 aromatic carbocycles. The number of thiazole rings is 1. The summed E-state index contributed by atoms with van der Waals surface area (Å²) in [6.45, 7) is 5.55. The second-order valence-corrected chi connectivity index (χ2v) is 7.77. The van der Waals surface area contributed by atoms with Gasteiger partial charge in [-0.3, -0.25) is 0 Å². The van der Waals surface area contributed by atoms with E-state index in [0.717, 1.165) is 36.3 Å². The molecule has 6 nitrogen and oxygen atoms in total. The van der Waals surface area contributed by atoms with E-state index in [9.17, 15) is 8.42 Å². The molecule has 114 valence electrons. The number of unbranched alkanes of at least 4 members (excludes halogenated alkanes) is 1. The van der Waals surface area contributed by atoms with Crippen molar-refractivity contribution in [3.63, 3.8) is 0 Å². The maximum absolute atomic E-state index is 12.3. The quantitative estimate of drug-likeness (QED) is 0.882. The second kappa shape index (κ2) is 6.48. The van der Waals surface area contributed by atoms with E-state index in [-0.39, 0.29) is 10.2 Å². The van der Waals surface area contributed by atoms with Crippen molar-refractivity contribution in [1.82, 2.24) is 15.0 Å². The maximum atomic E-state index is 12.3. The van der Waals surface area contributed by atoms with E-state index < -0.39 is 10.0 Å². The van der Waals surface area contributed by atoms with E-state index >= 15 is 0 Å². The lowest BCUT2D eigenvalue weighted by molar-refractivity contribution is 0.602. The molecule has 0 bridgehead atoms. The summed E-state index contributed by atoms with van der Waals surface area (Å²) in [6, 6.07) is 1.80. The Labute approximate surface area is 128 Å². The first-order valence-corrected chi connectivity index (χ1v) is 9.01. The zero-order valence-electron chi connectivity index (χ0n) is 12.3. The van der Waals surface area contributed by atoms with Gasteiger partial charge in [0.2, 0.25) is 5.95 Å². The zero-order chi connectivity index (χ0) is 15.5. The Balaban J connectivity index is 2.22. The first-order chi connectivity index (χ1) is 9.92. The molecule has 0 fully saturated rings. The summed E-state index contributed by atoms with van der Waals surface area (Å²) < 4.78 is 27.3. The number of aromatic nitrogens is 3. The Morgan fingerprint density at radius 3 is 2.67 bits per heavy atom. The minimum absolute atomic E-state index is 0.106. The number of nitrogens with one attached hydrogen (secondary N) is 1. The summed E-state index contributed by atoms with van der Waals surface area (Å²) in [7, 11) is -3.68. The smallest absolute Gasteiger partial charge is 0.246 e. The molecule has 0 atom stereocenters. The van der Waals surface area contributed by atoms with E-state index in [1.807, 2.05) is 0 Å². The highest BCUT2D eigenvalue weighted by molar-refractivity contribution is 7.94. The van der Waals surface area contributed by atoms with Gasteiger partial charge in [0.25, 0.3) is 10.0 Å². The van der Waals surface area contributed by atoms with Crippen LogP contribution in [0.25, 0.3) is 0 Å². The second-order valence-electron chi connectivity index (χ2n) is 4.69. The van der Waals surface area contributed by atoms with Gasteiger partial charge in [0, 0.05) is 11.9 Å². The molecule has 0 aliphatic carbocycles. The molecule has 0 aliphatic heterocycles. The van der Waals surface area contributed by atoms with Gasteiger partial charge in [-0.1, -0.05) is 13.3 Å². The third-order valence-corrected chi connectivity index (χ3v) is 5.84. The number of aryl methyl sites for hydroxylation is 3. The Morgan fingerprint density at radius 2 is 2.05 bits per heavy atom. The number of rotatable bonds is 6. The van der Waals surface area contributed by atoms with Crippen LogP contribution in [0.3, 0.4) is 0 Å². The Bertz CT molecular complexity index is 726. The van der Waals surface area contributed by atoms with Gasteiger partial charge in [-0.2, -0.15) is 0 Å². The van der Waals surface area contributed by atoms with Crippen molar-refractivity contribution in [2.45, 2.75) is 44.2 Å². The molecule has 0 saturated heterocycles. The molecule has 2 heterocycles. The number of sulfonamides is 1. The van der Waals surface area contributed by atoms with Crippen molar-refractivity contribution < 1.29 is 8.42 Å². The first kappa shape index (κ1) is 15.8. The van der Waals surface area contributed by atoms with Gasteiger partial charge >= 0.3 is 0 Å². The lowest BCUT2D eigenvalue weighted by Crippen LogP contribution is -2.15. The van der Waals surface area contributed by atoms with Crippen molar-refractivity contribution in [1.29, 1.82) is 0 Å². The summed E-state index contributed by atoms with van der Waals surface area (Å²) in [4.78, 5) is 12.4. The third-order valence-electron chi connectivity index (χ3n) is 2.83. The molecule has 0 spiro atoms. The van der Waals surface area contributed by atoms with Crippen LogP contribution in [0.1, 0.15) is 36.2 Å². The van der Waals surface area contributed by atoms with Gasteiger partial charge in [-0.15, -0.1) is 11.3 Å². The molecular formula is C13H18N4O2S2. The van der Waals surface area contributed by atoms with Gasteiger partial charge in [0.05, 0.1) is 10.7 Å². The summed E-state index contributed by atoms with van der Waals surface area (Å²) in [6.07, 6.45) is 4.45. The predicted octanol–water partition coefficient (Wildman–Crippen LogP) is 2.69. The van der Waals surface area contributed by atoms with Crippen molar-refractivity contribution >= 4 is 27.3 Å². The molecule has 2 aromatic rings. The molecule has 0 radical (unpaired) electrons.